The minimum absolute atomic E-state index is 0.615. The van der Waals surface area contributed by atoms with E-state index in [-0.39, 0.29) is 0 Å². The van der Waals surface area contributed by atoms with E-state index in [0.29, 0.717) is 12.6 Å². The maximum atomic E-state index is 5.88. The highest BCUT2D eigenvalue weighted by Crippen LogP contribution is 2.17. The van der Waals surface area contributed by atoms with Crippen LogP contribution in [-0.4, -0.2) is 81.4 Å². The number of morpholine rings is 1. The van der Waals surface area contributed by atoms with Gasteiger partial charge >= 0.3 is 0 Å². The lowest BCUT2D eigenvalue weighted by molar-refractivity contribution is 0.0195. The van der Waals surface area contributed by atoms with E-state index in [9.17, 15) is 0 Å². The third kappa shape index (κ3) is 5.11. The largest absolute Gasteiger partial charge is 0.492 e. The van der Waals surface area contributed by atoms with Gasteiger partial charge in [0.2, 0.25) is 0 Å². The number of nitrogens with zero attached hydrogens (tertiary/aromatic N) is 3. The van der Waals surface area contributed by atoms with Crippen molar-refractivity contribution in [3.05, 3.63) is 29.3 Å². The van der Waals surface area contributed by atoms with Gasteiger partial charge in [0.25, 0.3) is 0 Å². The zero-order valence-electron chi connectivity index (χ0n) is 16.3. The summed E-state index contributed by atoms with van der Waals surface area (Å²) in [5.41, 5.74) is 2.46. The highest BCUT2D eigenvalue weighted by molar-refractivity contribution is 5.80. The number of nitrogens with one attached hydrogen (secondary N) is 1. The number of ether oxygens (including phenoxy) is 2. The average molecular weight is 361 g/mol. The minimum Gasteiger partial charge on any atom is -0.492 e. The number of rotatable bonds is 5. The van der Waals surface area contributed by atoms with E-state index in [1.807, 2.05) is 7.05 Å². The fourth-order valence-electron chi connectivity index (χ4n) is 3.86. The van der Waals surface area contributed by atoms with Crippen LogP contribution >= 0.6 is 0 Å². The molecule has 0 aromatic heterocycles. The lowest BCUT2D eigenvalue weighted by Crippen LogP contribution is -2.47. The Morgan fingerprint density at radius 1 is 1.19 bits per heavy atom. The van der Waals surface area contributed by atoms with Crippen LogP contribution in [0, 0.1) is 13.8 Å². The van der Waals surface area contributed by atoms with E-state index in [0.717, 1.165) is 57.6 Å². The number of likely N-dealkylation sites (tertiary alicyclic amines) is 1. The molecule has 2 heterocycles. The van der Waals surface area contributed by atoms with Crippen molar-refractivity contribution in [2.75, 3.05) is 59.6 Å². The summed E-state index contributed by atoms with van der Waals surface area (Å²) < 4.78 is 11.3. The predicted octanol–water partition coefficient (Wildman–Crippen LogP) is 1.66. The Bertz CT molecular complexity index is 594. The lowest BCUT2D eigenvalue weighted by Gasteiger charge is -2.32. The molecule has 26 heavy (non-hydrogen) atoms. The van der Waals surface area contributed by atoms with Crippen molar-refractivity contribution in [2.45, 2.75) is 26.3 Å². The molecule has 3 rings (SSSR count). The molecule has 2 aliphatic heterocycles. The Morgan fingerprint density at radius 2 is 1.92 bits per heavy atom. The molecule has 2 saturated heterocycles. The van der Waals surface area contributed by atoms with Crippen LogP contribution in [0.25, 0.3) is 0 Å². The van der Waals surface area contributed by atoms with Gasteiger partial charge < -0.3 is 19.7 Å². The van der Waals surface area contributed by atoms with Gasteiger partial charge in [0.05, 0.1) is 19.8 Å². The Morgan fingerprint density at radius 3 is 2.62 bits per heavy atom. The van der Waals surface area contributed by atoms with E-state index in [1.54, 1.807) is 0 Å². The van der Waals surface area contributed by atoms with Crippen LogP contribution in [0.1, 0.15) is 17.5 Å². The van der Waals surface area contributed by atoms with Gasteiger partial charge in [0.1, 0.15) is 12.4 Å². The first kappa shape index (κ1) is 19.0. The summed E-state index contributed by atoms with van der Waals surface area (Å²) in [6.07, 6.45) is 1.19. The van der Waals surface area contributed by atoms with Gasteiger partial charge in [-0.1, -0.05) is 6.07 Å². The van der Waals surface area contributed by atoms with Crippen molar-refractivity contribution in [2.24, 2.45) is 4.99 Å². The van der Waals surface area contributed by atoms with Gasteiger partial charge in [-0.05, 0) is 43.5 Å². The van der Waals surface area contributed by atoms with E-state index < -0.39 is 0 Å². The first-order valence-corrected chi connectivity index (χ1v) is 9.64. The third-order valence-electron chi connectivity index (χ3n) is 5.09. The molecule has 0 amide bonds. The number of benzene rings is 1. The molecular weight excluding hydrogens is 328 g/mol. The molecule has 6 heteroatoms. The first-order chi connectivity index (χ1) is 12.7. The van der Waals surface area contributed by atoms with Crippen molar-refractivity contribution < 1.29 is 9.47 Å². The molecule has 1 N–H and O–H groups in total. The van der Waals surface area contributed by atoms with Crippen molar-refractivity contribution in [1.29, 1.82) is 0 Å². The van der Waals surface area contributed by atoms with Crippen LogP contribution in [0.15, 0.2) is 23.2 Å². The quantitative estimate of drug-likeness (QED) is 0.492. The molecule has 2 aliphatic rings. The van der Waals surface area contributed by atoms with Gasteiger partial charge in [0.15, 0.2) is 5.96 Å². The van der Waals surface area contributed by atoms with Gasteiger partial charge in [-0.3, -0.25) is 9.89 Å². The van der Waals surface area contributed by atoms with Crippen LogP contribution in [-0.2, 0) is 4.74 Å². The Hall–Kier alpha value is -1.79. The van der Waals surface area contributed by atoms with Crippen LogP contribution in [0.3, 0.4) is 0 Å². The Balaban J connectivity index is 1.42. The third-order valence-corrected chi connectivity index (χ3v) is 5.09. The molecule has 0 radical (unpaired) electrons. The summed E-state index contributed by atoms with van der Waals surface area (Å²) in [6, 6.07) is 6.93. The second-order valence-electron chi connectivity index (χ2n) is 7.18. The number of hydrogen-bond acceptors (Lipinski definition) is 4. The Labute approximate surface area is 157 Å². The van der Waals surface area contributed by atoms with Gasteiger partial charge in [-0.25, -0.2) is 0 Å². The molecule has 6 nitrogen and oxygen atoms in total. The Kier molecular flexibility index (Phi) is 6.74. The highest BCUT2D eigenvalue weighted by atomic mass is 16.5. The predicted molar refractivity (Wildman–Crippen MR) is 105 cm³/mol. The van der Waals surface area contributed by atoms with E-state index in [2.05, 4.69) is 52.2 Å². The second-order valence-corrected chi connectivity index (χ2v) is 7.18. The van der Waals surface area contributed by atoms with Crippen LogP contribution in [0.2, 0.25) is 0 Å². The number of aryl methyl sites for hydroxylation is 2. The highest BCUT2D eigenvalue weighted by Gasteiger charge is 2.30. The number of aliphatic imine (C=N–C) groups is 1. The summed E-state index contributed by atoms with van der Waals surface area (Å²) in [5.74, 6) is 1.91. The first-order valence-electron chi connectivity index (χ1n) is 9.64. The maximum absolute atomic E-state index is 5.88. The van der Waals surface area contributed by atoms with Crippen LogP contribution in [0.5, 0.6) is 5.75 Å². The number of guanidine groups is 1. The zero-order chi connectivity index (χ0) is 18.4. The standard InChI is InChI=1S/C20H32N4O2/c1-16-12-17(2)14-19(13-16)26-9-5-22-20(21-3)24-6-4-18(15-24)23-7-10-25-11-8-23/h12-14,18H,4-11,15H2,1-3H3,(H,21,22). The molecule has 1 atom stereocenters. The summed E-state index contributed by atoms with van der Waals surface area (Å²) in [6.45, 7) is 11.5. The average Bonchev–Trinajstić information content (AvgIpc) is 3.12. The molecule has 144 valence electrons. The fourth-order valence-corrected chi connectivity index (χ4v) is 3.86. The molecule has 2 fully saturated rings. The molecule has 0 spiro atoms. The summed E-state index contributed by atoms with van der Waals surface area (Å²) >= 11 is 0. The van der Waals surface area contributed by atoms with Crippen molar-refractivity contribution in [3.63, 3.8) is 0 Å². The number of hydrogen-bond donors (Lipinski definition) is 1. The summed E-state index contributed by atoms with van der Waals surface area (Å²) in [4.78, 5) is 9.37. The SMILES string of the molecule is CN=C(NCCOc1cc(C)cc(C)c1)N1CCC(N2CCOCC2)C1. The summed E-state index contributed by atoms with van der Waals surface area (Å²) in [7, 11) is 1.86. The monoisotopic (exact) mass is 360 g/mol. The molecular formula is C20H32N4O2. The van der Waals surface area contributed by atoms with Gasteiger partial charge in [-0.15, -0.1) is 0 Å². The van der Waals surface area contributed by atoms with E-state index >= 15 is 0 Å². The van der Waals surface area contributed by atoms with Crippen molar-refractivity contribution in [3.8, 4) is 5.75 Å². The molecule has 0 aliphatic carbocycles. The topological polar surface area (TPSA) is 49.3 Å². The van der Waals surface area contributed by atoms with E-state index in [1.165, 1.54) is 17.5 Å². The fraction of sp³-hybridized carbons (Fsp3) is 0.650. The van der Waals surface area contributed by atoms with E-state index in [4.69, 9.17) is 9.47 Å². The lowest BCUT2D eigenvalue weighted by atomic mass is 10.1. The maximum Gasteiger partial charge on any atom is 0.193 e. The zero-order valence-corrected chi connectivity index (χ0v) is 16.3. The molecule has 1 aromatic rings. The van der Waals surface area contributed by atoms with Gasteiger partial charge in [-0.2, -0.15) is 0 Å². The summed E-state index contributed by atoms with van der Waals surface area (Å²) in [5, 5.41) is 3.44. The smallest absolute Gasteiger partial charge is 0.193 e. The molecule has 1 aromatic carbocycles. The molecule has 1 unspecified atom stereocenters. The normalized spacial score (nSPS) is 21.9. The van der Waals surface area contributed by atoms with Crippen LogP contribution < -0.4 is 10.1 Å². The second kappa shape index (κ2) is 9.24. The molecule has 0 bridgehead atoms. The molecule has 0 saturated carbocycles. The van der Waals surface area contributed by atoms with Gasteiger partial charge in [0, 0.05) is 39.3 Å². The van der Waals surface area contributed by atoms with Crippen LogP contribution in [0.4, 0.5) is 0 Å². The van der Waals surface area contributed by atoms with Crippen molar-refractivity contribution in [1.82, 2.24) is 15.1 Å². The minimum atomic E-state index is 0.615. The van der Waals surface area contributed by atoms with Crippen molar-refractivity contribution >= 4 is 5.96 Å².